The number of hydrazine groups is 1. The molecule has 3 amide bonds. The van der Waals surface area contributed by atoms with Crippen molar-refractivity contribution in [2.75, 3.05) is 11.9 Å². The van der Waals surface area contributed by atoms with Crippen LogP contribution in [0.5, 0.6) is 5.75 Å². The van der Waals surface area contributed by atoms with Crippen molar-refractivity contribution in [2.45, 2.75) is 46.5 Å². The first kappa shape index (κ1) is 26.8. The van der Waals surface area contributed by atoms with Gasteiger partial charge in [-0.25, -0.2) is 0 Å². The van der Waals surface area contributed by atoms with E-state index in [0.29, 0.717) is 35.6 Å². The molecule has 0 aliphatic rings. The van der Waals surface area contributed by atoms with Crippen LogP contribution in [-0.2, 0) is 4.79 Å². The number of benzene rings is 2. The van der Waals surface area contributed by atoms with E-state index in [0.717, 1.165) is 19.3 Å². The van der Waals surface area contributed by atoms with Gasteiger partial charge in [0.2, 0.25) is 5.91 Å². The molecular weight excluding hydrogens is 452 g/mol. The normalized spacial score (nSPS) is 10.4. The highest BCUT2D eigenvalue weighted by Gasteiger charge is 2.14. The van der Waals surface area contributed by atoms with Gasteiger partial charge in [-0.2, -0.15) is 0 Å². The molecular formula is C25H32N4O4S. The number of unbranched alkanes of at least 4 members (excludes halogenated alkanes) is 2. The van der Waals surface area contributed by atoms with E-state index >= 15 is 0 Å². The lowest BCUT2D eigenvalue weighted by atomic mass is 10.1. The van der Waals surface area contributed by atoms with E-state index in [4.69, 9.17) is 17.0 Å². The number of hydrogen-bond donors (Lipinski definition) is 4. The fourth-order valence-electron chi connectivity index (χ4n) is 2.99. The molecule has 0 aliphatic carbocycles. The number of rotatable bonds is 10. The maximum atomic E-state index is 12.6. The molecule has 0 aromatic heterocycles. The smallest absolute Gasteiger partial charge is 0.269 e. The van der Waals surface area contributed by atoms with Gasteiger partial charge in [0.1, 0.15) is 5.75 Å². The Bertz CT molecular complexity index is 993. The third-order valence-corrected chi connectivity index (χ3v) is 4.88. The number of ether oxygens (including phenoxy) is 1. The van der Waals surface area contributed by atoms with Gasteiger partial charge >= 0.3 is 0 Å². The molecule has 0 spiro atoms. The Labute approximate surface area is 205 Å². The third-order valence-electron chi connectivity index (χ3n) is 4.68. The molecule has 2 aromatic carbocycles. The summed E-state index contributed by atoms with van der Waals surface area (Å²) >= 11 is 5.12. The summed E-state index contributed by atoms with van der Waals surface area (Å²) in [6.07, 6.45) is 3.46. The fourth-order valence-corrected chi connectivity index (χ4v) is 3.13. The van der Waals surface area contributed by atoms with Crippen molar-refractivity contribution in [3.05, 3.63) is 59.7 Å². The first-order valence-electron chi connectivity index (χ1n) is 11.3. The third kappa shape index (κ3) is 9.19. The van der Waals surface area contributed by atoms with E-state index in [9.17, 15) is 14.4 Å². The van der Waals surface area contributed by atoms with E-state index in [-0.39, 0.29) is 16.9 Å². The van der Waals surface area contributed by atoms with Gasteiger partial charge in [0.15, 0.2) is 5.11 Å². The van der Waals surface area contributed by atoms with Crippen LogP contribution in [0.1, 0.15) is 67.2 Å². The first-order valence-corrected chi connectivity index (χ1v) is 11.7. The molecule has 0 saturated carbocycles. The number of anilines is 1. The van der Waals surface area contributed by atoms with Crippen LogP contribution in [0, 0.1) is 5.92 Å². The number of nitrogens with one attached hydrogen (secondary N) is 4. The number of amides is 3. The van der Waals surface area contributed by atoms with E-state index < -0.39 is 11.8 Å². The molecule has 34 heavy (non-hydrogen) atoms. The molecule has 182 valence electrons. The van der Waals surface area contributed by atoms with Gasteiger partial charge in [-0.05, 0) is 61.0 Å². The lowest BCUT2D eigenvalue weighted by Crippen LogP contribution is -2.48. The summed E-state index contributed by atoms with van der Waals surface area (Å²) in [5, 5.41) is 5.26. The molecule has 2 rings (SSSR count). The topological polar surface area (TPSA) is 109 Å². The quantitative estimate of drug-likeness (QED) is 0.229. The van der Waals surface area contributed by atoms with Gasteiger partial charge in [0.25, 0.3) is 11.8 Å². The Morgan fingerprint density at radius 1 is 0.941 bits per heavy atom. The molecule has 0 radical (unpaired) electrons. The van der Waals surface area contributed by atoms with Gasteiger partial charge in [-0.15, -0.1) is 0 Å². The maximum Gasteiger partial charge on any atom is 0.269 e. The minimum atomic E-state index is -0.448. The minimum Gasteiger partial charge on any atom is -0.493 e. The summed E-state index contributed by atoms with van der Waals surface area (Å²) in [6, 6.07) is 13.4. The summed E-state index contributed by atoms with van der Waals surface area (Å²) < 4.78 is 5.73. The SMILES string of the molecule is CCCCCOc1ccccc1C(=O)NC(=S)NNC(=O)c1ccc(NC(=O)CC(C)C)cc1. The summed E-state index contributed by atoms with van der Waals surface area (Å²) in [5.74, 6) is -0.241. The molecule has 0 saturated heterocycles. The molecule has 0 fully saturated rings. The largest absolute Gasteiger partial charge is 0.493 e. The van der Waals surface area contributed by atoms with E-state index in [1.54, 1.807) is 48.5 Å². The van der Waals surface area contributed by atoms with Gasteiger partial charge < -0.3 is 10.1 Å². The summed E-state index contributed by atoms with van der Waals surface area (Å²) in [4.78, 5) is 36.8. The summed E-state index contributed by atoms with van der Waals surface area (Å²) in [5.41, 5.74) is 6.27. The number of carbonyl (C=O) groups is 3. The molecule has 2 aromatic rings. The number of carbonyl (C=O) groups excluding carboxylic acids is 3. The van der Waals surface area contributed by atoms with Gasteiger partial charge in [0.05, 0.1) is 12.2 Å². The predicted molar refractivity (Wildman–Crippen MR) is 137 cm³/mol. The summed E-state index contributed by atoms with van der Waals surface area (Å²) in [7, 11) is 0. The molecule has 9 heteroatoms. The lowest BCUT2D eigenvalue weighted by molar-refractivity contribution is -0.116. The second kappa shape index (κ2) is 13.9. The number of hydrogen-bond acceptors (Lipinski definition) is 5. The van der Waals surface area contributed by atoms with Crippen molar-refractivity contribution in [3.63, 3.8) is 0 Å². The molecule has 0 atom stereocenters. The Morgan fingerprint density at radius 2 is 1.65 bits per heavy atom. The van der Waals surface area contributed by atoms with Gasteiger partial charge in [0, 0.05) is 17.7 Å². The van der Waals surface area contributed by atoms with E-state index in [1.807, 2.05) is 13.8 Å². The highest BCUT2D eigenvalue weighted by atomic mass is 32.1. The van der Waals surface area contributed by atoms with Crippen molar-refractivity contribution in [3.8, 4) is 5.75 Å². The minimum absolute atomic E-state index is 0.0586. The molecule has 0 heterocycles. The molecule has 0 bridgehead atoms. The number of thiocarbonyl (C=S) groups is 1. The van der Waals surface area contributed by atoms with E-state index in [2.05, 4.69) is 28.4 Å². The van der Waals surface area contributed by atoms with Gasteiger partial charge in [-0.3, -0.25) is 30.6 Å². The van der Waals surface area contributed by atoms with Crippen molar-refractivity contribution >= 4 is 40.7 Å². The van der Waals surface area contributed by atoms with Crippen molar-refractivity contribution in [2.24, 2.45) is 5.92 Å². The van der Waals surface area contributed by atoms with Crippen molar-refractivity contribution < 1.29 is 19.1 Å². The average molecular weight is 485 g/mol. The zero-order valence-electron chi connectivity index (χ0n) is 19.8. The zero-order valence-corrected chi connectivity index (χ0v) is 20.6. The Morgan fingerprint density at radius 3 is 2.32 bits per heavy atom. The van der Waals surface area contributed by atoms with Crippen LogP contribution >= 0.6 is 12.2 Å². The second-order valence-electron chi connectivity index (χ2n) is 8.14. The van der Waals surface area contributed by atoms with Crippen LogP contribution in [0.25, 0.3) is 0 Å². The summed E-state index contributed by atoms with van der Waals surface area (Å²) in [6.45, 7) is 6.57. The highest BCUT2D eigenvalue weighted by molar-refractivity contribution is 7.80. The predicted octanol–water partition coefficient (Wildman–Crippen LogP) is 4.19. The monoisotopic (exact) mass is 484 g/mol. The Kier molecular flexibility index (Phi) is 11.0. The molecule has 0 aliphatic heterocycles. The van der Waals surface area contributed by atoms with Crippen LogP contribution in [0.3, 0.4) is 0 Å². The lowest BCUT2D eigenvalue weighted by Gasteiger charge is -2.13. The number of para-hydroxylation sites is 1. The van der Waals surface area contributed by atoms with Gasteiger partial charge in [-0.1, -0.05) is 45.7 Å². The zero-order chi connectivity index (χ0) is 24.9. The Hall–Kier alpha value is -3.46. The molecule has 8 nitrogen and oxygen atoms in total. The molecule has 4 N–H and O–H groups in total. The average Bonchev–Trinajstić information content (AvgIpc) is 2.80. The molecule has 0 unspecified atom stereocenters. The Balaban J connectivity index is 1.84. The fraction of sp³-hybridized carbons (Fsp3) is 0.360. The highest BCUT2D eigenvalue weighted by Crippen LogP contribution is 2.18. The first-order chi connectivity index (χ1) is 16.3. The van der Waals surface area contributed by atoms with Crippen LogP contribution in [0.15, 0.2) is 48.5 Å². The standard InChI is InChI=1S/C25H32N4O4S/c1-4-5-8-15-33-21-10-7-6-9-20(21)24(32)27-25(34)29-28-23(31)18-11-13-19(14-12-18)26-22(30)16-17(2)3/h6-7,9-14,17H,4-5,8,15-16H2,1-3H3,(H,26,30)(H,28,31)(H2,27,29,32,34). The second-order valence-corrected chi connectivity index (χ2v) is 8.55. The maximum absolute atomic E-state index is 12.6. The van der Waals surface area contributed by atoms with Crippen LogP contribution in [-0.4, -0.2) is 29.4 Å². The van der Waals surface area contributed by atoms with Crippen LogP contribution in [0.2, 0.25) is 0 Å². The van der Waals surface area contributed by atoms with Crippen molar-refractivity contribution in [1.29, 1.82) is 0 Å². The van der Waals surface area contributed by atoms with Crippen molar-refractivity contribution in [1.82, 2.24) is 16.2 Å². The van der Waals surface area contributed by atoms with E-state index in [1.165, 1.54) is 0 Å². The van der Waals surface area contributed by atoms with Crippen LogP contribution < -0.4 is 26.2 Å². The van der Waals surface area contributed by atoms with Crippen LogP contribution in [0.4, 0.5) is 5.69 Å².